The number of aryl methyl sites for hydroxylation is 4. The molecule has 30 heavy (non-hydrogen) atoms. The standard InChI is InChI=1S/C20H29N7O3/c1-5-6-25-16-17(21-19(25)27-15(3)13-14(2)22-27)23(4)20(29)26(18(16)28)8-7-24-9-11-30-12-10-24/h13H,5-12H2,1-4H3. The Morgan fingerprint density at radius 2 is 1.80 bits per heavy atom. The van der Waals surface area contributed by atoms with E-state index in [1.807, 2.05) is 24.5 Å². The molecular weight excluding hydrogens is 386 g/mol. The lowest BCUT2D eigenvalue weighted by Gasteiger charge is -2.26. The van der Waals surface area contributed by atoms with Crippen molar-refractivity contribution in [3.63, 3.8) is 0 Å². The number of nitrogens with zero attached hydrogens (tertiary/aromatic N) is 7. The molecular formula is C20H29N7O3. The second-order valence-electron chi connectivity index (χ2n) is 7.83. The molecule has 0 bridgehead atoms. The smallest absolute Gasteiger partial charge is 0.332 e. The average Bonchev–Trinajstić information content (AvgIpc) is 3.27. The van der Waals surface area contributed by atoms with Gasteiger partial charge < -0.3 is 9.30 Å². The van der Waals surface area contributed by atoms with Crippen molar-refractivity contribution in [3.05, 3.63) is 38.3 Å². The fourth-order valence-corrected chi connectivity index (χ4v) is 4.05. The summed E-state index contributed by atoms with van der Waals surface area (Å²) in [7, 11) is 1.67. The summed E-state index contributed by atoms with van der Waals surface area (Å²) >= 11 is 0. The number of fused-ring (bicyclic) bond motifs is 1. The van der Waals surface area contributed by atoms with Crippen LogP contribution in [-0.4, -0.2) is 66.2 Å². The zero-order chi connectivity index (χ0) is 21.4. The fraction of sp³-hybridized carbons (Fsp3) is 0.600. The molecule has 0 radical (unpaired) electrons. The Labute approximate surface area is 174 Å². The van der Waals surface area contributed by atoms with Gasteiger partial charge in [-0.2, -0.15) is 10.1 Å². The van der Waals surface area contributed by atoms with E-state index in [4.69, 9.17) is 4.74 Å². The van der Waals surface area contributed by atoms with Gasteiger partial charge in [0.25, 0.3) is 5.56 Å². The van der Waals surface area contributed by atoms with Crippen molar-refractivity contribution in [1.29, 1.82) is 0 Å². The molecule has 0 saturated carbocycles. The molecule has 4 rings (SSSR count). The van der Waals surface area contributed by atoms with E-state index in [1.54, 1.807) is 11.7 Å². The molecule has 10 nitrogen and oxygen atoms in total. The molecule has 0 N–H and O–H groups in total. The van der Waals surface area contributed by atoms with Gasteiger partial charge in [-0.3, -0.25) is 18.8 Å². The van der Waals surface area contributed by atoms with Crippen LogP contribution < -0.4 is 11.2 Å². The van der Waals surface area contributed by atoms with Gasteiger partial charge in [0.2, 0.25) is 5.95 Å². The molecule has 1 aliphatic heterocycles. The molecule has 10 heteroatoms. The Kier molecular flexibility index (Phi) is 5.61. The third-order valence-corrected chi connectivity index (χ3v) is 5.60. The number of hydrogen-bond acceptors (Lipinski definition) is 6. The van der Waals surface area contributed by atoms with Crippen LogP contribution in [0.3, 0.4) is 0 Å². The number of aromatic nitrogens is 6. The number of imidazole rings is 1. The van der Waals surface area contributed by atoms with Crippen molar-refractivity contribution in [1.82, 2.24) is 33.4 Å². The summed E-state index contributed by atoms with van der Waals surface area (Å²) in [5.41, 5.74) is 2.00. The van der Waals surface area contributed by atoms with Crippen molar-refractivity contribution < 1.29 is 4.74 Å². The van der Waals surface area contributed by atoms with E-state index in [0.29, 0.717) is 50.0 Å². The molecule has 4 heterocycles. The van der Waals surface area contributed by atoms with Crippen LogP contribution in [0.2, 0.25) is 0 Å². The Hall–Kier alpha value is -2.72. The monoisotopic (exact) mass is 415 g/mol. The van der Waals surface area contributed by atoms with Crippen LogP contribution in [0.1, 0.15) is 24.7 Å². The van der Waals surface area contributed by atoms with Crippen molar-refractivity contribution in [2.24, 2.45) is 7.05 Å². The molecule has 3 aromatic rings. The first-order chi connectivity index (χ1) is 14.4. The molecule has 1 fully saturated rings. The number of rotatable bonds is 6. The van der Waals surface area contributed by atoms with Gasteiger partial charge >= 0.3 is 5.69 Å². The molecule has 0 unspecified atom stereocenters. The van der Waals surface area contributed by atoms with E-state index in [-0.39, 0.29) is 11.2 Å². The van der Waals surface area contributed by atoms with Crippen LogP contribution in [-0.2, 0) is 24.9 Å². The molecule has 0 aliphatic carbocycles. The van der Waals surface area contributed by atoms with E-state index < -0.39 is 0 Å². The number of ether oxygens (including phenoxy) is 1. The van der Waals surface area contributed by atoms with Gasteiger partial charge in [-0.25, -0.2) is 9.48 Å². The van der Waals surface area contributed by atoms with Crippen molar-refractivity contribution in [2.45, 2.75) is 40.3 Å². The zero-order valence-electron chi connectivity index (χ0n) is 18.1. The second-order valence-corrected chi connectivity index (χ2v) is 7.83. The highest BCUT2D eigenvalue weighted by molar-refractivity contribution is 5.72. The summed E-state index contributed by atoms with van der Waals surface area (Å²) in [6.45, 7) is 10.5. The highest BCUT2D eigenvalue weighted by atomic mass is 16.5. The first kappa shape index (κ1) is 20.5. The highest BCUT2D eigenvalue weighted by Crippen LogP contribution is 2.17. The van der Waals surface area contributed by atoms with Gasteiger partial charge in [-0.15, -0.1) is 0 Å². The van der Waals surface area contributed by atoms with Gasteiger partial charge in [0.1, 0.15) is 0 Å². The Morgan fingerprint density at radius 3 is 2.43 bits per heavy atom. The number of hydrogen-bond donors (Lipinski definition) is 0. The normalized spacial score (nSPS) is 15.3. The Bertz CT molecular complexity index is 1180. The van der Waals surface area contributed by atoms with Crippen molar-refractivity contribution >= 4 is 11.2 Å². The average molecular weight is 415 g/mol. The van der Waals surface area contributed by atoms with Gasteiger partial charge in [-0.05, 0) is 26.3 Å². The first-order valence-corrected chi connectivity index (χ1v) is 10.5. The van der Waals surface area contributed by atoms with Crippen LogP contribution in [0.4, 0.5) is 0 Å². The SMILES string of the molecule is CCCn1c(-n2nc(C)cc2C)nc2c1c(=O)n(CCN1CCOCC1)c(=O)n2C. The Morgan fingerprint density at radius 1 is 1.07 bits per heavy atom. The van der Waals surface area contributed by atoms with Gasteiger partial charge in [0.05, 0.1) is 18.9 Å². The lowest BCUT2D eigenvalue weighted by molar-refractivity contribution is 0.0361. The summed E-state index contributed by atoms with van der Waals surface area (Å²) in [5, 5.41) is 4.54. The minimum atomic E-state index is -0.346. The zero-order valence-corrected chi connectivity index (χ0v) is 18.1. The van der Waals surface area contributed by atoms with Crippen molar-refractivity contribution in [3.8, 4) is 5.95 Å². The minimum absolute atomic E-state index is 0.296. The Balaban J connectivity index is 1.85. The third kappa shape index (κ3) is 3.50. The van der Waals surface area contributed by atoms with Gasteiger partial charge in [0.15, 0.2) is 11.2 Å². The number of morpholine rings is 1. The maximum absolute atomic E-state index is 13.4. The van der Waals surface area contributed by atoms with Crippen LogP contribution >= 0.6 is 0 Å². The predicted octanol–water partition coefficient (Wildman–Crippen LogP) is 0.441. The van der Waals surface area contributed by atoms with Crippen LogP contribution in [0.25, 0.3) is 17.1 Å². The van der Waals surface area contributed by atoms with Gasteiger partial charge in [-0.1, -0.05) is 6.92 Å². The molecule has 0 atom stereocenters. The van der Waals surface area contributed by atoms with Crippen LogP contribution in [0.5, 0.6) is 0 Å². The highest BCUT2D eigenvalue weighted by Gasteiger charge is 2.22. The minimum Gasteiger partial charge on any atom is -0.379 e. The summed E-state index contributed by atoms with van der Waals surface area (Å²) < 4.78 is 11.8. The molecule has 1 saturated heterocycles. The molecule has 162 valence electrons. The third-order valence-electron chi connectivity index (χ3n) is 5.60. The summed E-state index contributed by atoms with van der Waals surface area (Å²) in [6, 6.07) is 1.97. The lowest BCUT2D eigenvalue weighted by Crippen LogP contribution is -2.44. The van der Waals surface area contributed by atoms with E-state index >= 15 is 0 Å². The fourth-order valence-electron chi connectivity index (χ4n) is 4.05. The largest absolute Gasteiger partial charge is 0.379 e. The van der Waals surface area contributed by atoms with E-state index in [2.05, 4.69) is 21.9 Å². The summed E-state index contributed by atoms with van der Waals surface area (Å²) in [6.07, 6.45) is 0.827. The van der Waals surface area contributed by atoms with Crippen LogP contribution in [0.15, 0.2) is 15.7 Å². The summed E-state index contributed by atoms with van der Waals surface area (Å²) in [5.74, 6) is 0.565. The maximum atomic E-state index is 13.4. The molecule has 1 aliphatic rings. The van der Waals surface area contributed by atoms with E-state index in [0.717, 1.165) is 30.9 Å². The van der Waals surface area contributed by atoms with Crippen LogP contribution in [0, 0.1) is 13.8 Å². The summed E-state index contributed by atoms with van der Waals surface area (Å²) in [4.78, 5) is 33.3. The van der Waals surface area contributed by atoms with E-state index in [9.17, 15) is 9.59 Å². The van der Waals surface area contributed by atoms with E-state index in [1.165, 1.54) is 9.13 Å². The predicted molar refractivity (Wildman–Crippen MR) is 113 cm³/mol. The maximum Gasteiger partial charge on any atom is 0.332 e. The quantitative estimate of drug-likeness (QED) is 0.580. The lowest BCUT2D eigenvalue weighted by atomic mass is 10.4. The second kappa shape index (κ2) is 8.19. The molecule has 0 aromatic carbocycles. The molecule has 3 aromatic heterocycles. The molecule has 0 amide bonds. The van der Waals surface area contributed by atoms with Crippen molar-refractivity contribution in [2.75, 3.05) is 32.8 Å². The van der Waals surface area contributed by atoms with Gasteiger partial charge in [0, 0.05) is 45.5 Å². The topological polar surface area (TPSA) is 92.1 Å². The first-order valence-electron chi connectivity index (χ1n) is 10.5. The molecule has 0 spiro atoms.